The smallest absolute Gasteiger partial charge is 0.223 e. The predicted molar refractivity (Wildman–Crippen MR) is 60.7 cm³/mol. The molecular weight excluding hydrogens is 210 g/mol. The quantitative estimate of drug-likeness (QED) is 0.685. The average molecular weight is 223 g/mol. The van der Waals surface area contributed by atoms with Crippen LogP contribution in [0.1, 0.15) is 34.8 Å². The van der Waals surface area contributed by atoms with Crippen LogP contribution in [-0.4, -0.2) is 18.2 Å². The fraction of sp³-hybridized carbons (Fsp3) is 0.455. The molecule has 0 N–H and O–H groups in total. The lowest BCUT2D eigenvalue weighted by Gasteiger charge is -2.25. The van der Waals surface area contributed by atoms with Crippen LogP contribution in [-0.2, 0) is 11.2 Å². The molecule has 0 bridgehead atoms. The number of hydrogen-bond donors (Lipinski definition) is 0. The molecule has 0 aromatic carbocycles. The highest BCUT2D eigenvalue weighted by atomic mass is 32.1. The van der Waals surface area contributed by atoms with Gasteiger partial charge in [-0.2, -0.15) is 0 Å². The van der Waals surface area contributed by atoms with Gasteiger partial charge in [-0.05, 0) is 25.8 Å². The minimum absolute atomic E-state index is 0.0591. The minimum Gasteiger partial charge on any atom is -0.312 e. The van der Waals surface area contributed by atoms with Crippen LogP contribution in [0.15, 0.2) is 6.07 Å². The maximum Gasteiger partial charge on any atom is 0.223 e. The molecule has 1 aliphatic heterocycles. The van der Waals surface area contributed by atoms with Crippen molar-refractivity contribution in [3.63, 3.8) is 0 Å². The zero-order chi connectivity index (χ0) is 11.0. The highest BCUT2D eigenvalue weighted by Gasteiger charge is 2.23. The van der Waals surface area contributed by atoms with Crippen LogP contribution in [0.4, 0.5) is 5.69 Å². The Labute approximate surface area is 92.7 Å². The van der Waals surface area contributed by atoms with Crippen LogP contribution in [0, 0.1) is 0 Å². The number of thiophene rings is 1. The van der Waals surface area contributed by atoms with Crippen LogP contribution in [0.2, 0.25) is 0 Å². The Morgan fingerprint density at radius 1 is 1.40 bits per heavy atom. The molecule has 2 rings (SSSR count). The zero-order valence-electron chi connectivity index (χ0n) is 8.87. The van der Waals surface area contributed by atoms with E-state index in [4.69, 9.17) is 0 Å². The van der Waals surface area contributed by atoms with Gasteiger partial charge in [0.15, 0.2) is 5.78 Å². The number of amides is 1. The molecular formula is C11H13NO2S. The molecule has 80 valence electrons. The van der Waals surface area contributed by atoms with E-state index in [0.717, 1.165) is 30.0 Å². The molecule has 0 spiro atoms. The lowest BCUT2D eigenvalue weighted by Crippen LogP contribution is -2.32. The van der Waals surface area contributed by atoms with Gasteiger partial charge in [-0.15, -0.1) is 11.3 Å². The van der Waals surface area contributed by atoms with Crippen molar-refractivity contribution in [1.82, 2.24) is 0 Å². The topological polar surface area (TPSA) is 37.4 Å². The van der Waals surface area contributed by atoms with Crippen molar-refractivity contribution < 1.29 is 9.59 Å². The number of ketones is 1. The molecule has 0 atom stereocenters. The summed E-state index contributed by atoms with van der Waals surface area (Å²) < 4.78 is 0. The van der Waals surface area contributed by atoms with Gasteiger partial charge in [0.05, 0.1) is 10.6 Å². The first kappa shape index (κ1) is 10.4. The number of carbonyl (C=O) groups is 2. The van der Waals surface area contributed by atoms with Crippen molar-refractivity contribution in [3.05, 3.63) is 15.8 Å². The van der Waals surface area contributed by atoms with Gasteiger partial charge in [0.2, 0.25) is 5.91 Å². The van der Waals surface area contributed by atoms with E-state index in [1.54, 1.807) is 18.7 Å². The number of Topliss-reactive ketones (excluding diaryl/α,β-unsaturated/α-hetero) is 1. The highest BCUT2D eigenvalue weighted by Crippen LogP contribution is 2.35. The largest absolute Gasteiger partial charge is 0.312 e. The second-order valence-electron chi connectivity index (χ2n) is 3.75. The first-order valence-corrected chi connectivity index (χ1v) is 5.83. The average Bonchev–Trinajstić information content (AvgIpc) is 2.60. The van der Waals surface area contributed by atoms with Gasteiger partial charge < -0.3 is 4.90 Å². The monoisotopic (exact) mass is 223 g/mol. The van der Waals surface area contributed by atoms with Crippen LogP contribution in [0.3, 0.4) is 0 Å². The number of anilines is 1. The van der Waals surface area contributed by atoms with E-state index in [1.165, 1.54) is 16.2 Å². The van der Waals surface area contributed by atoms with Crippen LogP contribution >= 0.6 is 11.3 Å². The molecule has 0 saturated carbocycles. The van der Waals surface area contributed by atoms with Gasteiger partial charge in [0, 0.05) is 18.3 Å². The standard InChI is InChI=1S/C11H13NO2S/c1-7(13)11-6-9-10(15-11)4-3-5-12(9)8(2)14/h6H,3-5H2,1-2H3. The Balaban J connectivity index is 2.43. The molecule has 0 fully saturated rings. The number of aryl methyl sites for hydroxylation is 1. The van der Waals surface area contributed by atoms with Gasteiger partial charge in [-0.1, -0.05) is 0 Å². The summed E-state index contributed by atoms with van der Waals surface area (Å²) in [6, 6.07) is 1.85. The van der Waals surface area contributed by atoms with E-state index in [0.29, 0.717) is 0 Å². The maximum absolute atomic E-state index is 11.4. The van der Waals surface area contributed by atoms with E-state index in [9.17, 15) is 9.59 Å². The fourth-order valence-corrected chi connectivity index (χ4v) is 2.95. The molecule has 0 aliphatic carbocycles. The fourth-order valence-electron chi connectivity index (χ4n) is 1.85. The van der Waals surface area contributed by atoms with Gasteiger partial charge in [0.1, 0.15) is 0 Å². The molecule has 3 nitrogen and oxygen atoms in total. The molecule has 1 aliphatic rings. The van der Waals surface area contributed by atoms with Gasteiger partial charge >= 0.3 is 0 Å². The van der Waals surface area contributed by atoms with Crippen LogP contribution in [0.5, 0.6) is 0 Å². The summed E-state index contributed by atoms with van der Waals surface area (Å²) >= 11 is 1.52. The summed E-state index contributed by atoms with van der Waals surface area (Å²) in [6.07, 6.45) is 1.97. The number of fused-ring (bicyclic) bond motifs is 1. The van der Waals surface area contributed by atoms with Crippen LogP contribution in [0.25, 0.3) is 0 Å². The lowest BCUT2D eigenvalue weighted by molar-refractivity contribution is -0.116. The summed E-state index contributed by atoms with van der Waals surface area (Å²) in [6.45, 7) is 3.91. The van der Waals surface area contributed by atoms with E-state index >= 15 is 0 Å². The third-order valence-corrected chi connectivity index (χ3v) is 3.87. The Kier molecular flexibility index (Phi) is 2.61. The van der Waals surface area contributed by atoms with E-state index in [1.807, 2.05) is 6.07 Å². The lowest BCUT2D eigenvalue weighted by atomic mass is 10.1. The van der Waals surface area contributed by atoms with E-state index in [-0.39, 0.29) is 11.7 Å². The Bertz CT molecular complexity index is 422. The first-order chi connectivity index (χ1) is 7.09. The summed E-state index contributed by atoms with van der Waals surface area (Å²) in [4.78, 5) is 26.3. The second kappa shape index (κ2) is 3.77. The summed E-state index contributed by atoms with van der Waals surface area (Å²) in [7, 11) is 0. The third-order valence-electron chi connectivity index (χ3n) is 2.59. The van der Waals surface area contributed by atoms with Gasteiger partial charge in [-0.3, -0.25) is 9.59 Å². The Hall–Kier alpha value is -1.16. The number of carbonyl (C=O) groups excluding carboxylic acids is 2. The van der Waals surface area contributed by atoms with Crippen molar-refractivity contribution in [3.8, 4) is 0 Å². The van der Waals surface area contributed by atoms with Crippen molar-refractivity contribution in [2.45, 2.75) is 26.7 Å². The SMILES string of the molecule is CC(=O)c1cc2c(s1)CCCN2C(C)=O. The molecule has 0 radical (unpaired) electrons. The molecule has 1 aromatic heterocycles. The molecule has 1 aromatic rings. The molecule has 4 heteroatoms. The molecule has 0 unspecified atom stereocenters. The third kappa shape index (κ3) is 1.81. The maximum atomic E-state index is 11.4. The first-order valence-electron chi connectivity index (χ1n) is 5.01. The summed E-state index contributed by atoms with van der Waals surface area (Å²) in [5.41, 5.74) is 0.948. The molecule has 1 amide bonds. The van der Waals surface area contributed by atoms with Crippen molar-refractivity contribution in [2.75, 3.05) is 11.4 Å². The minimum atomic E-state index is 0.0591. The number of rotatable bonds is 1. The molecule has 0 saturated heterocycles. The number of nitrogens with zero attached hydrogens (tertiary/aromatic N) is 1. The number of hydrogen-bond acceptors (Lipinski definition) is 3. The van der Waals surface area contributed by atoms with Crippen molar-refractivity contribution in [2.24, 2.45) is 0 Å². The molecule has 15 heavy (non-hydrogen) atoms. The van der Waals surface area contributed by atoms with Crippen molar-refractivity contribution in [1.29, 1.82) is 0 Å². The van der Waals surface area contributed by atoms with Gasteiger partial charge in [0.25, 0.3) is 0 Å². The summed E-state index contributed by atoms with van der Waals surface area (Å²) in [5, 5.41) is 0. The molecule has 2 heterocycles. The Morgan fingerprint density at radius 3 is 2.73 bits per heavy atom. The zero-order valence-corrected chi connectivity index (χ0v) is 9.69. The van der Waals surface area contributed by atoms with Crippen LogP contribution < -0.4 is 4.90 Å². The van der Waals surface area contributed by atoms with Gasteiger partial charge in [-0.25, -0.2) is 0 Å². The van der Waals surface area contributed by atoms with E-state index in [2.05, 4.69) is 0 Å². The second-order valence-corrected chi connectivity index (χ2v) is 4.89. The Morgan fingerprint density at radius 2 is 2.13 bits per heavy atom. The normalized spacial score (nSPS) is 14.9. The highest BCUT2D eigenvalue weighted by molar-refractivity contribution is 7.14. The predicted octanol–water partition coefficient (Wildman–Crippen LogP) is 2.25. The summed E-state index contributed by atoms with van der Waals surface area (Å²) in [5.74, 6) is 0.141. The van der Waals surface area contributed by atoms with E-state index < -0.39 is 0 Å². The van der Waals surface area contributed by atoms with Crippen molar-refractivity contribution >= 4 is 28.7 Å².